The minimum absolute atomic E-state index is 0.110. The second-order valence-electron chi connectivity index (χ2n) is 1.88. The standard InChI is InChI=1S/C5H11NO4Si/c1-4(7)9-11(3-6)10-5(2)8/h11H,3,6H2,1-2H3. The summed E-state index contributed by atoms with van der Waals surface area (Å²) in [6.07, 6.45) is 0.110. The van der Waals surface area contributed by atoms with E-state index in [4.69, 9.17) is 5.73 Å². The van der Waals surface area contributed by atoms with Gasteiger partial charge < -0.3 is 14.6 Å². The van der Waals surface area contributed by atoms with Gasteiger partial charge >= 0.3 is 9.28 Å². The van der Waals surface area contributed by atoms with Crippen molar-refractivity contribution in [3.05, 3.63) is 0 Å². The van der Waals surface area contributed by atoms with Gasteiger partial charge in [-0.05, 0) is 0 Å². The van der Waals surface area contributed by atoms with Crippen LogP contribution in [0.3, 0.4) is 0 Å². The van der Waals surface area contributed by atoms with Crippen molar-refractivity contribution in [3.8, 4) is 0 Å². The summed E-state index contributed by atoms with van der Waals surface area (Å²) in [4.78, 5) is 20.7. The molecule has 0 aliphatic carbocycles. The molecule has 0 amide bonds. The highest BCUT2D eigenvalue weighted by atomic mass is 28.3. The van der Waals surface area contributed by atoms with Crippen LogP contribution in [0.15, 0.2) is 0 Å². The van der Waals surface area contributed by atoms with E-state index in [1.807, 2.05) is 0 Å². The summed E-state index contributed by atoms with van der Waals surface area (Å²) < 4.78 is 9.28. The molecule has 0 atom stereocenters. The Labute approximate surface area is 66.3 Å². The molecule has 2 N–H and O–H groups in total. The van der Waals surface area contributed by atoms with Gasteiger partial charge in [0.25, 0.3) is 11.9 Å². The van der Waals surface area contributed by atoms with Gasteiger partial charge in [-0.1, -0.05) is 0 Å². The van der Waals surface area contributed by atoms with Gasteiger partial charge in [-0.25, -0.2) is 0 Å². The average Bonchev–Trinajstić information content (AvgIpc) is 1.84. The van der Waals surface area contributed by atoms with Crippen molar-refractivity contribution in [2.24, 2.45) is 5.73 Å². The van der Waals surface area contributed by atoms with E-state index in [-0.39, 0.29) is 6.17 Å². The Bertz CT molecular complexity index is 145. The normalized spacial score (nSPS) is 9.45. The van der Waals surface area contributed by atoms with E-state index in [0.717, 1.165) is 0 Å². The van der Waals surface area contributed by atoms with Crippen molar-refractivity contribution < 1.29 is 18.4 Å². The number of nitrogens with two attached hydrogens (primary N) is 1. The Hall–Kier alpha value is -0.883. The van der Waals surface area contributed by atoms with E-state index in [0.29, 0.717) is 0 Å². The zero-order valence-corrected chi connectivity index (χ0v) is 7.65. The van der Waals surface area contributed by atoms with Crippen LogP contribution >= 0.6 is 0 Å². The Balaban J connectivity index is 3.76. The Morgan fingerprint density at radius 1 is 1.27 bits per heavy atom. The third kappa shape index (κ3) is 5.56. The fourth-order valence-corrected chi connectivity index (χ4v) is 1.47. The van der Waals surface area contributed by atoms with Crippen LogP contribution in [0.2, 0.25) is 0 Å². The van der Waals surface area contributed by atoms with Gasteiger partial charge in [0.05, 0.1) is 6.17 Å². The maximum absolute atomic E-state index is 10.4. The van der Waals surface area contributed by atoms with Crippen molar-refractivity contribution in [2.45, 2.75) is 13.8 Å². The Morgan fingerprint density at radius 3 is 1.82 bits per heavy atom. The van der Waals surface area contributed by atoms with Gasteiger partial charge in [-0.2, -0.15) is 0 Å². The van der Waals surface area contributed by atoms with Crippen LogP contribution in [0.1, 0.15) is 13.8 Å². The highest BCUT2D eigenvalue weighted by Crippen LogP contribution is 1.88. The number of rotatable bonds is 3. The maximum atomic E-state index is 10.4. The van der Waals surface area contributed by atoms with Crippen LogP contribution in [0.4, 0.5) is 0 Å². The van der Waals surface area contributed by atoms with Crippen LogP contribution in [0, 0.1) is 0 Å². The van der Waals surface area contributed by atoms with Crippen LogP contribution in [0.25, 0.3) is 0 Å². The van der Waals surface area contributed by atoms with Crippen molar-refractivity contribution in [1.82, 2.24) is 0 Å². The summed E-state index contributed by atoms with van der Waals surface area (Å²) in [5.41, 5.74) is 5.18. The van der Waals surface area contributed by atoms with E-state index < -0.39 is 21.2 Å². The third-order valence-electron chi connectivity index (χ3n) is 0.787. The van der Waals surface area contributed by atoms with Gasteiger partial charge in [0, 0.05) is 13.8 Å². The fourth-order valence-electron chi connectivity index (χ4n) is 0.490. The van der Waals surface area contributed by atoms with E-state index in [1.165, 1.54) is 13.8 Å². The van der Waals surface area contributed by atoms with Crippen molar-refractivity contribution >= 4 is 21.2 Å². The molecule has 5 nitrogen and oxygen atoms in total. The van der Waals surface area contributed by atoms with Gasteiger partial charge in [0.2, 0.25) is 0 Å². The number of carbonyl (C=O) groups excluding carboxylic acids is 2. The quantitative estimate of drug-likeness (QED) is 0.550. The van der Waals surface area contributed by atoms with Crippen LogP contribution in [-0.4, -0.2) is 27.4 Å². The van der Waals surface area contributed by atoms with E-state index in [9.17, 15) is 9.59 Å². The second kappa shape index (κ2) is 4.86. The van der Waals surface area contributed by atoms with Crippen molar-refractivity contribution in [1.29, 1.82) is 0 Å². The summed E-state index contributed by atoms with van der Waals surface area (Å²) in [6.45, 7) is 2.50. The lowest BCUT2D eigenvalue weighted by molar-refractivity contribution is -0.137. The zero-order valence-electron chi connectivity index (χ0n) is 6.49. The molecule has 0 aromatic rings. The van der Waals surface area contributed by atoms with E-state index >= 15 is 0 Å². The molecule has 0 aliphatic heterocycles. The van der Waals surface area contributed by atoms with E-state index in [1.54, 1.807) is 0 Å². The lowest BCUT2D eigenvalue weighted by Crippen LogP contribution is -2.35. The molecule has 0 bridgehead atoms. The maximum Gasteiger partial charge on any atom is 0.462 e. The molecule has 11 heavy (non-hydrogen) atoms. The van der Waals surface area contributed by atoms with Crippen molar-refractivity contribution in [2.75, 3.05) is 6.17 Å². The van der Waals surface area contributed by atoms with Crippen LogP contribution in [0.5, 0.6) is 0 Å². The van der Waals surface area contributed by atoms with Crippen LogP contribution in [-0.2, 0) is 18.4 Å². The average molecular weight is 177 g/mol. The summed E-state index contributed by atoms with van der Waals surface area (Å²) in [7, 11) is -2.25. The highest BCUT2D eigenvalue weighted by Gasteiger charge is 2.16. The minimum Gasteiger partial charge on any atom is -0.487 e. The Kier molecular flexibility index (Phi) is 4.47. The molecule has 0 heterocycles. The molecule has 0 saturated carbocycles. The topological polar surface area (TPSA) is 78.6 Å². The summed E-state index contributed by atoms with van der Waals surface area (Å²) in [5, 5.41) is 0. The molecule has 0 spiro atoms. The first-order valence-electron chi connectivity index (χ1n) is 3.10. The second-order valence-corrected chi connectivity index (χ2v) is 3.69. The zero-order chi connectivity index (χ0) is 8.85. The van der Waals surface area contributed by atoms with Gasteiger partial charge in [-0.15, -0.1) is 0 Å². The molecule has 0 unspecified atom stereocenters. The number of carbonyl (C=O) groups is 2. The minimum atomic E-state index is -2.25. The molecule has 0 fully saturated rings. The van der Waals surface area contributed by atoms with Crippen molar-refractivity contribution in [3.63, 3.8) is 0 Å². The molecule has 6 heteroatoms. The molecule has 0 aliphatic rings. The van der Waals surface area contributed by atoms with Gasteiger partial charge in [0.15, 0.2) is 0 Å². The number of hydrogen-bond acceptors (Lipinski definition) is 5. The molecule has 64 valence electrons. The first-order valence-corrected chi connectivity index (χ1v) is 4.86. The molecular formula is C5H11NO4Si. The lowest BCUT2D eigenvalue weighted by Gasteiger charge is -2.11. The smallest absolute Gasteiger partial charge is 0.462 e. The Morgan fingerprint density at radius 2 is 1.64 bits per heavy atom. The molecule has 0 aromatic carbocycles. The predicted octanol–water partition coefficient (Wildman–Crippen LogP) is -1.17. The highest BCUT2D eigenvalue weighted by molar-refractivity contribution is 6.48. The molecule has 0 saturated heterocycles. The largest absolute Gasteiger partial charge is 0.487 e. The van der Waals surface area contributed by atoms with E-state index in [2.05, 4.69) is 8.85 Å². The fraction of sp³-hybridized carbons (Fsp3) is 0.600. The van der Waals surface area contributed by atoms with Gasteiger partial charge in [0.1, 0.15) is 0 Å². The lowest BCUT2D eigenvalue weighted by atomic mass is 10.9. The molecule has 0 aromatic heterocycles. The summed E-state index contributed by atoms with van der Waals surface area (Å²) in [5.74, 6) is -0.929. The molecule has 0 rings (SSSR count). The van der Waals surface area contributed by atoms with Gasteiger partial charge in [-0.3, -0.25) is 9.59 Å². The SMILES string of the molecule is CC(=O)O[SiH](CN)OC(C)=O. The molecular weight excluding hydrogens is 166 g/mol. The first kappa shape index (κ1) is 10.1. The first-order chi connectivity index (χ1) is 5.06. The summed E-state index contributed by atoms with van der Waals surface area (Å²) in [6, 6.07) is 0. The molecule has 0 radical (unpaired) electrons. The van der Waals surface area contributed by atoms with Crippen LogP contribution < -0.4 is 5.73 Å². The summed E-state index contributed by atoms with van der Waals surface area (Å²) >= 11 is 0. The number of hydrogen-bond donors (Lipinski definition) is 1. The monoisotopic (exact) mass is 177 g/mol. The third-order valence-corrected chi connectivity index (χ3v) is 2.36. The predicted molar refractivity (Wildman–Crippen MR) is 39.7 cm³/mol.